The summed E-state index contributed by atoms with van der Waals surface area (Å²) in [5.74, 6) is 1.18. The van der Waals surface area contributed by atoms with Crippen LogP contribution in [-0.4, -0.2) is 17.4 Å². The molecule has 1 rings (SSSR count). The van der Waals surface area contributed by atoms with Crippen LogP contribution >= 0.6 is 11.6 Å². The minimum absolute atomic E-state index is 0.0924. The Morgan fingerprint density at radius 2 is 2.19 bits per heavy atom. The third kappa shape index (κ3) is 3.38. The van der Waals surface area contributed by atoms with Crippen LogP contribution < -0.4 is 4.74 Å². The van der Waals surface area contributed by atoms with Crippen molar-refractivity contribution in [2.75, 3.05) is 12.5 Å². The highest BCUT2D eigenvalue weighted by Gasteiger charge is 2.13. The van der Waals surface area contributed by atoms with E-state index in [-0.39, 0.29) is 5.69 Å². The molecule has 0 atom stereocenters. The van der Waals surface area contributed by atoms with Crippen LogP contribution in [0.2, 0.25) is 0 Å². The minimum Gasteiger partial charge on any atom is -0.493 e. The molecule has 0 saturated heterocycles. The summed E-state index contributed by atoms with van der Waals surface area (Å²) in [6, 6.07) is 4.84. The quantitative estimate of drug-likeness (QED) is 0.333. The Morgan fingerprint density at radius 1 is 1.44 bits per heavy atom. The fourth-order valence-electron chi connectivity index (χ4n) is 1.34. The summed E-state index contributed by atoms with van der Waals surface area (Å²) >= 11 is 5.54. The van der Waals surface area contributed by atoms with Crippen molar-refractivity contribution in [1.29, 1.82) is 0 Å². The molecule has 88 valence electrons. The number of benzene rings is 1. The molecule has 0 aliphatic rings. The molecular formula is C11H14ClNO3. The first-order valence-electron chi connectivity index (χ1n) is 5.09. The average molecular weight is 244 g/mol. The summed E-state index contributed by atoms with van der Waals surface area (Å²) in [5, 5.41) is 10.7. The van der Waals surface area contributed by atoms with Crippen molar-refractivity contribution in [3.8, 4) is 5.75 Å². The largest absolute Gasteiger partial charge is 0.493 e. The first kappa shape index (κ1) is 12.8. The van der Waals surface area contributed by atoms with Gasteiger partial charge in [-0.1, -0.05) is 6.07 Å². The highest BCUT2D eigenvalue weighted by molar-refractivity contribution is 6.17. The lowest BCUT2D eigenvalue weighted by atomic mass is 10.2. The number of hydrogen-bond acceptors (Lipinski definition) is 3. The fraction of sp³-hybridized carbons (Fsp3) is 0.455. The van der Waals surface area contributed by atoms with Crippen molar-refractivity contribution in [2.45, 2.75) is 19.8 Å². The second kappa shape index (κ2) is 6.33. The Bertz CT molecular complexity index is 368. The molecule has 5 heteroatoms. The summed E-state index contributed by atoms with van der Waals surface area (Å²) in [7, 11) is 0. The number of unbranched alkanes of at least 4 members (excludes halogenated alkanes) is 1. The van der Waals surface area contributed by atoms with E-state index in [2.05, 4.69) is 0 Å². The number of nitro groups is 1. The van der Waals surface area contributed by atoms with Gasteiger partial charge in [-0.3, -0.25) is 10.1 Å². The van der Waals surface area contributed by atoms with Crippen molar-refractivity contribution in [1.82, 2.24) is 0 Å². The number of nitrogens with zero attached hydrogens (tertiary/aromatic N) is 1. The molecule has 0 radical (unpaired) electrons. The van der Waals surface area contributed by atoms with Crippen LogP contribution in [0, 0.1) is 17.0 Å². The van der Waals surface area contributed by atoms with Gasteiger partial charge in [-0.2, -0.15) is 0 Å². The van der Waals surface area contributed by atoms with Crippen molar-refractivity contribution in [3.63, 3.8) is 0 Å². The lowest BCUT2D eigenvalue weighted by Gasteiger charge is -2.08. The smallest absolute Gasteiger partial charge is 0.276 e. The van der Waals surface area contributed by atoms with Gasteiger partial charge in [0.15, 0.2) is 0 Å². The molecule has 1 aromatic rings. The molecule has 0 unspecified atom stereocenters. The topological polar surface area (TPSA) is 52.4 Å². The fourth-order valence-corrected chi connectivity index (χ4v) is 1.52. The number of ether oxygens (including phenoxy) is 1. The Balaban J connectivity index is 2.66. The molecule has 0 heterocycles. The van der Waals surface area contributed by atoms with E-state index in [4.69, 9.17) is 16.3 Å². The summed E-state index contributed by atoms with van der Waals surface area (Å²) in [6.07, 6.45) is 1.74. The molecule has 0 N–H and O–H groups in total. The van der Waals surface area contributed by atoms with Gasteiger partial charge >= 0.3 is 0 Å². The number of rotatable bonds is 6. The van der Waals surface area contributed by atoms with E-state index in [9.17, 15) is 10.1 Å². The van der Waals surface area contributed by atoms with Crippen LogP contribution in [-0.2, 0) is 0 Å². The first-order valence-corrected chi connectivity index (χ1v) is 5.63. The Hall–Kier alpha value is -1.29. The predicted molar refractivity (Wildman–Crippen MR) is 63.3 cm³/mol. The van der Waals surface area contributed by atoms with Gasteiger partial charge in [-0.15, -0.1) is 11.6 Å². The zero-order valence-electron chi connectivity index (χ0n) is 9.11. The maximum absolute atomic E-state index is 10.7. The summed E-state index contributed by atoms with van der Waals surface area (Å²) < 4.78 is 5.47. The summed E-state index contributed by atoms with van der Waals surface area (Å²) in [5.41, 5.74) is 0.660. The normalized spacial score (nSPS) is 10.1. The van der Waals surface area contributed by atoms with Crippen LogP contribution in [0.4, 0.5) is 5.69 Å². The van der Waals surface area contributed by atoms with Gasteiger partial charge in [0.05, 0.1) is 17.1 Å². The molecular weight excluding hydrogens is 230 g/mol. The number of alkyl halides is 1. The number of hydrogen-bond donors (Lipinski definition) is 0. The lowest BCUT2D eigenvalue weighted by Crippen LogP contribution is -2.01. The maximum Gasteiger partial charge on any atom is 0.276 e. The van der Waals surface area contributed by atoms with Crippen LogP contribution in [0.5, 0.6) is 5.75 Å². The molecule has 0 aromatic heterocycles. The maximum atomic E-state index is 10.7. The van der Waals surface area contributed by atoms with E-state index < -0.39 is 4.92 Å². The van der Waals surface area contributed by atoms with E-state index >= 15 is 0 Å². The molecule has 1 aromatic carbocycles. The van der Waals surface area contributed by atoms with Crippen LogP contribution in [0.25, 0.3) is 0 Å². The lowest BCUT2D eigenvalue weighted by molar-refractivity contribution is -0.385. The molecule has 0 saturated carbocycles. The standard InChI is InChI=1S/C11H14ClNO3/c1-9-10(13(14)15)5-4-6-11(9)16-8-3-2-7-12/h4-6H,2-3,7-8H2,1H3. The molecule has 0 amide bonds. The van der Waals surface area contributed by atoms with Gasteiger partial charge in [0, 0.05) is 11.9 Å². The first-order chi connectivity index (χ1) is 7.66. The summed E-state index contributed by atoms with van der Waals surface area (Å²) in [4.78, 5) is 10.3. The Kier molecular flexibility index (Phi) is 5.05. The van der Waals surface area contributed by atoms with Gasteiger partial charge in [-0.25, -0.2) is 0 Å². The molecule has 0 aliphatic carbocycles. The third-order valence-corrected chi connectivity index (χ3v) is 2.50. The van der Waals surface area contributed by atoms with Crippen molar-refractivity contribution in [2.24, 2.45) is 0 Å². The highest BCUT2D eigenvalue weighted by Crippen LogP contribution is 2.26. The zero-order chi connectivity index (χ0) is 12.0. The second-order valence-corrected chi connectivity index (χ2v) is 3.78. The van der Waals surface area contributed by atoms with Gasteiger partial charge in [0.2, 0.25) is 0 Å². The minimum atomic E-state index is -0.402. The number of halogens is 1. The summed E-state index contributed by atoms with van der Waals surface area (Å²) in [6.45, 7) is 2.23. The SMILES string of the molecule is Cc1c(OCCCCCl)cccc1[N+](=O)[O-]. The monoisotopic (exact) mass is 243 g/mol. The molecule has 0 fully saturated rings. The second-order valence-electron chi connectivity index (χ2n) is 3.40. The highest BCUT2D eigenvalue weighted by atomic mass is 35.5. The number of nitro benzene ring substituents is 1. The predicted octanol–water partition coefficient (Wildman–Crippen LogP) is 3.30. The van der Waals surface area contributed by atoms with Crippen LogP contribution in [0.1, 0.15) is 18.4 Å². The molecule has 16 heavy (non-hydrogen) atoms. The molecule has 0 spiro atoms. The van der Waals surface area contributed by atoms with Gasteiger partial charge in [0.1, 0.15) is 5.75 Å². The van der Waals surface area contributed by atoms with Gasteiger partial charge < -0.3 is 4.74 Å². The molecule has 4 nitrogen and oxygen atoms in total. The zero-order valence-corrected chi connectivity index (χ0v) is 9.87. The molecule has 0 bridgehead atoms. The Morgan fingerprint density at radius 3 is 2.81 bits per heavy atom. The van der Waals surface area contributed by atoms with Gasteiger partial charge in [-0.05, 0) is 25.8 Å². The van der Waals surface area contributed by atoms with E-state index in [1.807, 2.05) is 0 Å². The van der Waals surface area contributed by atoms with Crippen molar-refractivity contribution >= 4 is 17.3 Å². The van der Waals surface area contributed by atoms with Gasteiger partial charge in [0.25, 0.3) is 5.69 Å². The van der Waals surface area contributed by atoms with E-state index in [0.717, 1.165) is 12.8 Å². The van der Waals surface area contributed by atoms with E-state index in [0.29, 0.717) is 23.8 Å². The van der Waals surface area contributed by atoms with Crippen LogP contribution in [0.3, 0.4) is 0 Å². The Labute approximate surface area is 99.3 Å². The van der Waals surface area contributed by atoms with E-state index in [1.54, 1.807) is 19.1 Å². The third-order valence-electron chi connectivity index (χ3n) is 2.24. The molecule has 0 aliphatic heterocycles. The van der Waals surface area contributed by atoms with Crippen LogP contribution in [0.15, 0.2) is 18.2 Å². The van der Waals surface area contributed by atoms with Crippen molar-refractivity contribution < 1.29 is 9.66 Å². The van der Waals surface area contributed by atoms with E-state index in [1.165, 1.54) is 6.07 Å². The van der Waals surface area contributed by atoms with Crippen molar-refractivity contribution in [3.05, 3.63) is 33.9 Å². The average Bonchev–Trinajstić information content (AvgIpc) is 2.26.